The third kappa shape index (κ3) is 3.62. The van der Waals surface area contributed by atoms with Gasteiger partial charge in [0.1, 0.15) is 17.3 Å². The second-order valence-electron chi connectivity index (χ2n) is 8.55. The van der Waals surface area contributed by atoms with E-state index in [2.05, 4.69) is 17.4 Å². The summed E-state index contributed by atoms with van der Waals surface area (Å²) in [6.07, 6.45) is 9.37. The molecule has 2 atom stereocenters. The number of hydrogen-bond acceptors (Lipinski definition) is 3. The minimum absolute atomic E-state index is 0.00225. The predicted molar refractivity (Wildman–Crippen MR) is 106 cm³/mol. The van der Waals surface area contributed by atoms with Crippen molar-refractivity contribution >= 4 is 11.9 Å². The first-order valence-corrected chi connectivity index (χ1v) is 10.8. The van der Waals surface area contributed by atoms with Gasteiger partial charge in [0.15, 0.2) is 6.67 Å². The third-order valence-corrected chi connectivity index (χ3v) is 6.82. The van der Waals surface area contributed by atoms with Crippen LogP contribution in [0.4, 0.5) is 4.79 Å². The average Bonchev–Trinajstić information content (AvgIpc) is 2.88. The molecule has 2 aliphatic heterocycles. The highest BCUT2D eigenvalue weighted by molar-refractivity contribution is 6.06. The number of benzene rings is 1. The molecule has 1 aromatic rings. The zero-order valence-corrected chi connectivity index (χ0v) is 16.8. The highest BCUT2D eigenvalue weighted by atomic mass is 16.5. The van der Waals surface area contributed by atoms with Crippen molar-refractivity contribution in [1.82, 2.24) is 10.2 Å². The van der Waals surface area contributed by atoms with Crippen LogP contribution in [0, 0.1) is 0 Å². The molecule has 3 aliphatic rings. The molecule has 152 valence electrons. The molecule has 2 N–H and O–H groups in total. The van der Waals surface area contributed by atoms with Gasteiger partial charge in [-0.15, -0.1) is 0 Å². The summed E-state index contributed by atoms with van der Waals surface area (Å²) in [7, 11) is 1.68. The van der Waals surface area contributed by atoms with Crippen LogP contribution in [-0.2, 0) is 4.79 Å². The Balaban J connectivity index is 1.53. The van der Waals surface area contributed by atoms with Crippen LogP contribution in [0.15, 0.2) is 24.3 Å². The number of nitrogens with zero attached hydrogens (tertiary/aromatic N) is 1. The Morgan fingerprint density at radius 3 is 2.50 bits per heavy atom. The first-order valence-electron chi connectivity index (χ1n) is 10.8. The van der Waals surface area contributed by atoms with Crippen LogP contribution in [0.2, 0.25) is 0 Å². The smallest absolute Gasteiger partial charge is 0.329 e. The summed E-state index contributed by atoms with van der Waals surface area (Å²) in [5, 5.41) is 3.05. The van der Waals surface area contributed by atoms with E-state index in [-0.39, 0.29) is 11.9 Å². The van der Waals surface area contributed by atoms with Crippen molar-refractivity contribution < 1.29 is 19.2 Å². The lowest BCUT2D eigenvalue weighted by molar-refractivity contribution is -0.938. The molecule has 28 heavy (non-hydrogen) atoms. The molecule has 3 amide bonds. The van der Waals surface area contributed by atoms with E-state index in [1.54, 1.807) is 7.11 Å². The summed E-state index contributed by atoms with van der Waals surface area (Å²) in [5.41, 5.74) is 0.632. The quantitative estimate of drug-likeness (QED) is 0.781. The molecule has 1 unspecified atom stereocenters. The Bertz CT molecular complexity index is 712. The summed E-state index contributed by atoms with van der Waals surface area (Å²) in [4.78, 5) is 28.7. The fourth-order valence-corrected chi connectivity index (χ4v) is 5.20. The van der Waals surface area contributed by atoms with Crippen molar-refractivity contribution in [1.29, 1.82) is 0 Å². The Morgan fingerprint density at radius 2 is 1.79 bits per heavy atom. The van der Waals surface area contributed by atoms with Crippen molar-refractivity contribution in [3.8, 4) is 5.75 Å². The predicted octanol–water partition coefficient (Wildman–Crippen LogP) is 2.41. The molecule has 2 saturated heterocycles. The zero-order chi connectivity index (χ0) is 19.6. The van der Waals surface area contributed by atoms with Gasteiger partial charge in [-0.05, 0) is 56.4 Å². The topological polar surface area (TPSA) is 63.1 Å². The number of nitrogens with one attached hydrogen (secondary N) is 2. The molecule has 0 radical (unpaired) electrons. The number of likely N-dealkylation sites (tertiary alicyclic amines) is 1. The highest BCUT2D eigenvalue weighted by Crippen LogP contribution is 2.33. The Morgan fingerprint density at radius 1 is 1.07 bits per heavy atom. The van der Waals surface area contributed by atoms with E-state index in [0.717, 1.165) is 57.2 Å². The highest BCUT2D eigenvalue weighted by Gasteiger charge is 2.52. The van der Waals surface area contributed by atoms with Gasteiger partial charge >= 0.3 is 6.03 Å². The largest absolute Gasteiger partial charge is 0.497 e. The first-order chi connectivity index (χ1) is 13.6. The fourth-order valence-electron chi connectivity index (χ4n) is 5.20. The van der Waals surface area contributed by atoms with Crippen molar-refractivity contribution in [2.24, 2.45) is 0 Å². The van der Waals surface area contributed by atoms with Crippen molar-refractivity contribution in [2.75, 3.05) is 20.3 Å². The first kappa shape index (κ1) is 19.2. The van der Waals surface area contributed by atoms with Gasteiger partial charge in [-0.3, -0.25) is 4.79 Å². The van der Waals surface area contributed by atoms with Crippen LogP contribution in [-0.4, -0.2) is 42.7 Å². The average molecular weight is 387 g/mol. The third-order valence-electron chi connectivity index (χ3n) is 6.82. The molecule has 1 aromatic carbocycles. The molecule has 4 rings (SSSR count). The number of rotatable bonds is 4. The molecular formula is C22H32N3O3+. The molecule has 0 bridgehead atoms. The Kier molecular flexibility index (Phi) is 5.58. The molecule has 0 aromatic heterocycles. The summed E-state index contributed by atoms with van der Waals surface area (Å²) in [6.45, 7) is 1.45. The second kappa shape index (κ2) is 8.11. The summed E-state index contributed by atoms with van der Waals surface area (Å²) in [5.74, 6) is 0.856. The van der Waals surface area contributed by atoms with Gasteiger partial charge in [-0.1, -0.05) is 19.3 Å². The summed E-state index contributed by atoms with van der Waals surface area (Å²) < 4.78 is 5.29. The van der Waals surface area contributed by atoms with Gasteiger partial charge in [-0.2, -0.15) is 0 Å². The van der Waals surface area contributed by atoms with E-state index < -0.39 is 5.54 Å². The molecule has 6 nitrogen and oxygen atoms in total. The summed E-state index contributed by atoms with van der Waals surface area (Å²) in [6, 6.07) is 8.37. The molecule has 1 saturated carbocycles. The number of urea groups is 1. The molecule has 1 aliphatic carbocycles. The molecular weight excluding hydrogens is 354 g/mol. The van der Waals surface area contributed by atoms with Crippen LogP contribution < -0.4 is 15.0 Å². The molecule has 3 fully saturated rings. The number of amides is 3. The van der Waals surface area contributed by atoms with Gasteiger partial charge < -0.3 is 15.0 Å². The van der Waals surface area contributed by atoms with Crippen LogP contribution >= 0.6 is 0 Å². The lowest BCUT2D eigenvalue weighted by atomic mass is 9.82. The molecule has 6 heteroatoms. The van der Waals surface area contributed by atoms with Crippen molar-refractivity contribution in [3.05, 3.63) is 29.8 Å². The number of methoxy groups -OCH3 is 1. The monoisotopic (exact) mass is 386 g/mol. The van der Waals surface area contributed by atoms with Gasteiger partial charge in [0.05, 0.1) is 13.7 Å². The number of carbonyl (C=O) groups excluding carboxylic acids is 2. The maximum absolute atomic E-state index is 13.2. The molecule has 1 spiro atoms. The number of quaternary nitrogens is 1. The van der Waals surface area contributed by atoms with Crippen LogP contribution in [0.25, 0.3) is 0 Å². The maximum atomic E-state index is 13.2. The summed E-state index contributed by atoms with van der Waals surface area (Å²) >= 11 is 0. The standard InChI is InChI=1S/C22H31N3O3/c1-28-18-11-9-17(10-12-18)19-8-4-2-7-15-24(19)16-25-20(26)22(23-21(25)27)13-5-3-6-14-22/h9-12,19H,2-8,13-16H2,1H3,(H,23,27)/p+1/t19-/m1/s1. The van der Waals surface area contributed by atoms with E-state index in [1.165, 1.54) is 28.2 Å². The van der Waals surface area contributed by atoms with Crippen LogP contribution in [0.3, 0.4) is 0 Å². The number of carbonyl (C=O) groups is 2. The van der Waals surface area contributed by atoms with Gasteiger partial charge in [-0.25, -0.2) is 9.69 Å². The lowest BCUT2D eigenvalue weighted by Gasteiger charge is -2.32. The zero-order valence-electron chi connectivity index (χ0n) is 16.8. The SMILES string of the molecule is COc1ccc([C@H]2CCCCC[NH+]2CN2C(=O)NC3(CCCCC3)C2=O)cc1. The lowest BCUT2D eigenvalue weighted by Crippen LogP contribution is -3.13. The fraction of sp³-hybridized carbons (Fsp3) is 0.636. The number of imide groups is 1. The van der Waals surface area contributed by atoms with Crippen LogP contribution in [0.1, 0.15) is 69.4 Å². The Hall–Kier alpha value is -2.08. The minimum atomic E-state index is -0.629. The van der Waals surface area contributed by atoms with Gasteiger partial charge in [0.2, 0.25) is 0 Å². The van der Waals surface area contributed by atoms with Crippen molar-refractivity contribution in [2.45, 2.75) is 69.4 Å². The number of hydrogen-bond donors (Lipinski definition) is 2. The van der Waals surface area contributed by atoms with E-state index >= 15 is 0 Å². The molecule has 2 heterocycles. The number of ether oxygens (including phenoxy) is 1. The van der Waals surface area contributed by atoms with E-state index in [0.29, 0.717) is 12.7 Å². The Labute approximate surface area is 167 Å². The van der Waals surface area contributed by atoms with Crippen molar-refractivity contribution in [3.63, 3.8) is 0 Å². The second-order valence-corrected chi connectivity index (χ2v) is 8.55. The maximum Gasteiger partial charge on any atom is 0.329 e. The minimum Gasteiger partial charge on any atom is -0.497 e. The van der Waals surface area contributed by atoms with Crippen LogP contribution in [0.5, 0.6) is 5.75 Å². The van der Waals surface area contributed by atoms with Gasteiger partial charge in [0, 0.05) is 12.0 Å². The van der Waals surface area contributed by atoms with E-state index in [9.17, 15) is 9.59 Å². The van der Waals surface area contributed by atoms with E-state index in [1.807, 2.05) is 12.1 Å². The van der Waals surface area contributed by atoms with E-state index in [4.69, 9.17) is 4.74 Å². The normalized spacial score (nSPS) is 27.5. The van der Waals surface area contributed by atoms with Gasteiger partial charge in [0.25, 0.3) is 5.91 Å².